The van der Waals surface area contributed by atoms with E-state index in [1.165, 1.54) is 32.1 Å². The summed E-state index contributed by atoms with van der Waals surface area (Å²) in [5.41, 5.74) is 0.951. The van der Waals surface area contributed by atoms with Gasteiger partial charge in [0.25, 0.3) is 0 Å². The van der Waals surface area contributed by atoms with Crippen molar-refractivity contribution in [1.29, 1.82) is 0 Å². The largest absolute Gasteiger partial charge is 0.393 e. The fourth-order valence-electron chi connectivity index (χ4n) is 2.85. The van der Waals surface area contributed by atoms with Crippen LogP contribution in [0.2, 0.25) is 10.0 Å². The number of rotatable bonds is 4. The van der Waals surface area contributed by atoms with Crippen LogP contribution in [-0.2, 0) is 6.42 Å². The molecule has 1 N–H and O–H groups in total. The van der Waals surface area contributed by atoms with Crippen molar-refractivity contribution < 1.29 is 5.11 Å². The lowest BCUT2D eigenvalue weighted by Gasteiger charge is -2.24. The van der Waals surface area contributed by atoms with E-state index in [0.29, 0.717) is 22.4 Å². The van der Waals surface area contributed by atoms with Crippen LogP contribution >= 0.6 is 23.2 Å². The van der Waals surface area contributed by atoms with E-state index in [-0.39, 0.29) is 6.10 Å². The van der Waals surface area contributed by atoms with Gasteiger partial charge in [-0.15, -0.1) is 0 Å². The van der Waals surface area contributed by atoms with Crippen molar-refractivity contribution in [2.45, 2.75) is 51.0 Å². The van der Waals surface area contributed by atoms with Crippen LogP contribution < -0.4 is 0 Å². The number of hydrogen-bond acceptors (Lipinski definition) is 1. The molecule has 18 heavy (non-hydrogen) atoms. The Labute approximate surface area is 119 Å². The monoisotopic (exact) mass is 286 g/mol. The zero-order valence-electron chi connectivity index (χ0n) is 10.5. The van der Waals surface area contributed by atoms with E-state index in [2.05, 4.69) is 0 Å². The van der Waals surface area contributed by atoms with Gasteiger partial charge in [-0.05, 0) is 30.4 Å². The molecule has 1 fully saturated rings. The number of aliphatic hydroxyl groups excluding tert-OH is 1. The first kappa shape index (κ1) is 14.2. The molecule has 1 aliphatic rings. The van der Waals surface area contributed by atoms with Crippen LogP contribution in [0.15, 0.2) is 18.2 Å². The summed E-state index contributed by atoms with van der Waals surface area (Å²) in [7, 11) is 0. The summed E-state index contributed by atoms with van der Waals surface area (Å²) in [4.78, 5) is 0. The fourth-order valence-corrected chi connectivity index (χ4v) is 3.25. The molecule has 0 aromatic heterocycles. The summed E-state index contributed by atoms with van der Waals surface area (Å²) in [5, 5.41) is 11.3. The predicted molar refractivity (Wildman–Crippen MR) is 77.4 cm³/mol. The second-order valence-corrected chi connectivity index (χ2v) is 6.10. The molecule has 1 aromatic carbocycles. The minimum absolute atomic E-state index is 0.302. The summed E-state index contributed by atoms with van der Waals surface area (Å²) < 4.78 is 0. The van der Waals surface area contributed by atoms with Crippen LogP contribution in [0.25, 0.3) is 0 Å². The first-order valence-corrected chi connectivity index (χ1v) is 7.53. The zero-order valence-corrected chi connectivity index (χ0v) is 12.1. The number of aliphatic hydroxyl groups is 1. The lowest BCUT2D eigenvalue weighted by atomic mass is 9.84. The van der Waals surface area contributed by atoms with Crippen LogP contribution in [0.4, 0.5) is 0 Å². The Hall–Kier alpha value is -0.240. The van der Waals surface area contributed by atoms with E-state index < -0.39 is 0 Å². The quantitative estimate of drug-likeness (QED) is 0.837. The lowest BCUT2D eigenvalue weighted by Crippen LogP contribution is -2.18. The fraction of sp³-hybridized carbons (Fsp3) is 0.600. The van der Waals surface area contributed by atoms with Gasteiger partial charge in [-0.2, -0.15) is 0 Å². The minimum Gasteiger partial charge on any atom is -0.393 e. The summed E-state index contributed by atoms with van der Waals surface area (Å²) >= 11 is 12.1. The highest BCUT2D eigenvalue weighted by Gasteiger charge is 2.18. The van der Waals surface area contributed by atoms with Crippen LogP contribution in [0.1, 0.15) is 44.1 Å². The second kappa shape index (κ2) is 6.79. The molecule has 3 heteroatoms. The molecular formula is C15H20Cl2O. The number of halogens is 2. The molecule has 2 rings (SSSR count). The predicted octanol–water partition coefficient (Wildman–Crippen LogP) is 4.87. The Morgan fingerprint density at radius 2 is 1.89 bits per heavy atom. The van der Waals surface area contributed by atoms with E-state index in [9.17, 15) is 5.11 Å². The topological polar surface area (TPSA) is 20.2 Å². The third-order valence-electron chi connectivity index (χ3n) is 3.82. The van der Waals surface area contributed by atoms with Crippen molar-refractivity contribution in [3.8, 4) is 0 Å². The zero-order chi connectivity index (χ0) is 13.0. The molecule has 1 nitrogen and oxygen atoms in total. The molecule has 100 valence electrons. The smallest absolute Gasteiger partial charge is 0.0625 e. The van der Waals surface area contributed by atoms with Crippen molar-refractivity contribution in [1.82, 2.24) is 0 Å². The average Bonchev–Trinajstić information content (AvgIpc) is 2.36. The van der Waals surface area contributed by atoms with Gasteiger partial charge in [-0.3, -0.25) is 0 Å². The Morgan fingerprint density at radius 1 is 1.17 bits per heavy atom. The number of hydrogen-bond donors (Lipinski definition) is 1. The molecule has 0 saturated heterocycles. The van der Waals surface area contributed by atoms with Crippen LogP contribution in [0, 0.1) is 5.92 Å². The van der Waals surface area contributed by atoms with Gasteiger partial charge in [-0.1, -0.05) is 67.4 Å². The third-order valence-corrected chi connectivity index (χ3v) is 4.68. The summed E-state index contributed by atoms with van der Waals surface area (Å²) in [6.45, 7) is 0. The third kappa shape index (κ3) is 3.88. The highest BCUT2D eigenvalue weighted by Crippen LogP contribution is 2.30. The van der Waals surface area contributed by atoms with Crippen LogP contribution in [0.3, 0.4) is 0 Å². The highest BCUT2D eigenvalue weighted by molar-refractivity contribution is 6.42. The Balaban J connectivity index is 1.90. The molecule has 1 unspecified atom stereocenters. The van der Waals surface area contributed by atoms with Gasteiger partial charge in [0, 0.05) is 0 Å². The van der Waals surface area contributed by atoms with E-state index in [1.807, 2.05) is 12.1 Å². The molecular weight excluding hydrogens is 267 g/mol. The Kier molecular flexibility index (Phi) is 5.35. The van der Waals surface area contributed by atoms with Crippen molar-refractivity contribution in [3.05, 3.63) is 33.8 Å². The summed E-state index contributed by atoms with van der Waals surface area (Å²) in [6, 6.07) is 5.61. The first-order chi connectivity index (χ1) is 8.66. The van der Waals surface area contributed by atoms with Gasteiger partial charge in [0.1, 0.15) is 0 Å². The van der Waals surface area contributed by atoms with Crippen molar-refractivity contribution in [2.75, 3.05) is 0 Å². The molecule has 0 heterocycles. The highest BCUT2D eigenvalue weighted by atomic mass is 35.5. The van der Waals surface area contributed by atoms with Crippen molar-refractivity contribution in [3.63, 3.8) is 0 Å². The van der Waals surface area contributed by atoms with Gasteiger partial charge >= 0.3 is 0 Å². The van der Waals surface area contributed by atoms with Gasteiger partial charge in [0.15, 0.2) is 0 Å². The molecule has 0 aliphatic heterocycles. The second-order valence-electron chi connectivity index (χ2n) is 5.31. The van der Waals surface area contributed by atoms with Crippen molar-refractivity contribution >= 4 is 23.2 Å². The van der Waals surface area contributed by atoms with Gasteiger partial charge in [-0.25, -0.2) is 0 Å². The molecule has 0 amide bonds. The molecule has 1 atom stereocenters. The maximum atomic E-state index is 10.2. The lowest BCUT2D eigenvalue weighted by molar-refractivity contribution is 0.130. The molecule has 0 radical (unpaired) electrons. The SMILES string of the molecule is OC(Cc1cccc(Cl)c1Cl)CC1CCCCC1. The van der Waals surface area contributed by atoms with Gasteiger partial charge in [0.05, 0.1) is 16.1 Å². The molecule has 1 aliphatic carbocycles. The standard InChI is InChI=1S/C15H20Cl2O/c16-14-8-4-7-12(15(14)17)10-13(18)9-11-5-2-1-3-6-11/h4,7-8,11,13,18H,1-3,5-6,9-10H2. The molecule has 1 aromatic rings. The normalized spacial score (nSPS) is 18.8. The molecule has 0 bridgehead atoms. The maximum absolute atomic E-state index is 10.2. The van der Waals surface area contributed by atoms with Crippen molar-refractivity contribution in [2.24, 2.45) is 5.92 Å². The van der Waals surface area contributed by atoms with Gasteiger partial charge in [0.2, 0.25) is 0 Å². The molecule has 1 saturated carbocycles. The first-order valence-electron chi connectivity index (χ1n) is 6.77. The van der Waals surface area contributed by atoms with Gasteiger partial charge < -0.3 is 5.11 Å². The Morgan fingerprint density at radius 3 is 2.61 bits per heavy atom. The van der Waals surface area contributed by atoms with E-state index in [0.717, 1.165) is 12.0 Å². The van der Waals surface area contributed by atoms with Crippen LogP contribution in [-0.4, -0.2) is 11.2 Å². The summed E-state index contributed by atoms with van der Waals surface area (Å²) in [5.74, 6) is 0.687. The Bertz CT molecular complexity index is 386. The van der Waals surface area contributed by atoms with E-state index >= 15 is 0 Å². The molecule has 0 spiro atoms. The average molecular weight is 287 g/mol. The maximum Gasteiger partial charge on any atom is 0.0625 e. The van der Waals surface area contributed by atoms with Crippen LogP contribution in [0.5, 0.6) is 0 Å². The minimum atomic E-state index is -0.302. The summed E-state index contributed by atoms with van der Waals surface area (Å²) in [6.07, 6.45) is 7.71. The van der Waals surface area contributed by atoms with E-state index in [1.54, 1.807) is 6.07 Å². The number of benzene rings is 1. The van der Waals surface area contributed by atoms with E-state index in [4.69, 9.17) is 23.2 Å².